The van der Waals surface area contributed by atoms with Gasteiger partial charge in [0.2, 0.25) is 15.9 Å². The quantitative estimate of drug-likeness (QED) is 0.560. The number of benzene rings is 2. The Morgan fingerprint density at radius 3 is 2.31 bits per heavy atom. The molecule has 0 atom stereocenters. The van der Waals surface area contributed by atoms with E-state index in [4.69, 9.17) is 9.47 Å². The summed E-state index contributed by atoms with van der Waals surface area (Å²) in [6.45, 7) is 2.04. The van der Waals surface area contributed by atoms with Gasteiger partial charge in [-0.05, 0) is 48.4 Å². The molecule has 0 saturated carbocycles. The lowest BCUT2D eigenvalue weighted by Gasteiger charge is -2.20. The van der Waals surface area contributed by atoms with Gasteiger partial charge in [0.25, 0.3) is 0 Å². The second kappa shape index (κ2) is 10.6. The standard InChI is InChI=1S/C20H25BrN2O5S/c1-4-23(29(25,26)17-8-6-16(21)7-9-17)14-20(24)22-12-11-15-5-10-18(27-2)19(13-15)28-3/h5-10,13H,4,11-12,14H2,1-3H3,(H,22,24). The summed E-state index contributed by atoms with van der Waals surface area (Å²) in [5.74, 6) is 0.902. The maximum absolute atomic E-state index is 12.7. The molecule has 0 saturated heterocycles. The fraction of sp³-hybridized carbons (Fsp3) is 0.350. The summed E-state index contributed by atoms with van der Waals surface area (Å²) >= 11 is 3.28. The minimum absolute atomic E-state index is 0.153. The molecule has 2 aromatic rings. The normalized spacial score (nSPS) is 11.3. The number of methoxy groups -OCH3 is 2. The van der Waals surface area contributed by atoms with E-state index in [-0.39, 0.29) is 23.9 Å². The summed E-state index contributed by atoms with van der Waals surface area (Å²) in [5, 5.41) is 2.77. The number of ether oxygens (including phenoxy) is 2. The predicted octanol–water partition coefficient (Wildman–Crippen LogP) is 2.84. The van der Waals surface area contributed by atoms with Crippen molar-refractivity contribution in [3.63, 3.8) is 0 Å². The Morgan fingerprint density at radius 1 is 1.07 bits per heavy atom. The Hall–Kier alpha value is -2.10. The van der Waals surface area contributed by atoms with Crippen LogP contribution in [0.1, 0.15) is 12.5 Å². The molecule has 0 heterocycles. The van der Waals surface area contributed by atoms with Gasteiger partial charge in [0.05, 0.1) is 25.7 Å². The van der Waals surface area contributed by atoms with Gasteiger partial charge < -0.3 is 14.8 Å². The fourth-order valence-electron chi connectivity index (χ4n) is 2.72. The van der Waals surface area contributed by atoms with E-state index < -0.39 is 10.0 Å². The van der Waals surface area contributed by atoms with E-state index >= 15 is 0 Å². The molecule has 0 radical (unpaired) electrons. The van der Waals surface area contributed by atoms with Crippen molar-refractivity contribution in [1.82, 2.24) is 9.62 Å². The van der Waals surface area contributed by atoms with Crippen molar-refractivity contribution >= 4 is 31.9 Å². The molecular formula is C20H25BrN2O5S. The van der Waals surface area contributed by atoms with Crippen molar-refractivity contribution in [3.8, 4) is 11.5 Å². The molecule has 158 valence electrons. The van der Waals surface area contributed by atoms with E-state index in [1.165, 1.54) is 12.1 Å². The molecular weight excluding hydrogens is 460 g/mol. The van der Waals surface area contributed by atoms with Crippen LogP contribution in [-0.4, -0.2) is 52.5 Å². The molecule has 0 aliphatic rings. The maximum atomic E-state index is 12.7. The van der Waals surface area contributed by atoms with Crippen molar-refractivity contribution in [1.29, 1.82) is 0 Å². The number of halogens is 1. The Balaban J connectivity index is 1.94. The number of nitrogens with zero attached hydrogens (tertiary/aromatic N) is 1. The summed E-state index contributed by atoms with van der Waals surface area (Å²) in [7, 11) is -0.603. The highest BCUT2D eigenvalue weighted by Crippen LogP contribution is 2.27. The first-order valence-corrected chi connectivity index (χ1v) is 11.3. The third-order valence-electron chi connectivity index (χ3n) is 4.31. The first-order valence-electron chi connectivity index (χ1n) is 9.05. The highest BCUT2D eigenvalue weighted by molar-refractivity contribution is 9.10. The lowest BCUT2D eigenvalue weighted by molar-refractivity contribution is -0.121. The number of nitrogens with one attached hydrogen (secondary N) is 1. The van der Waals surface area contributed by atoms with Crippen LogP contribution < -0.4 is 14.8 Å². The van der Waals surface area contributed by atoms with Crippen LogP contribution in [0.15, 0.2) is 51.8 Å². The Bertz CT molecular complexity index is 932. The van der Waals surface area contributed by atoms with Crippen LogP contribution >= 0.6 is 15.9 Å². The average Bonchev–Trinajstić information content (AvgIpc) is 2.72. The molecule has 0 unspecified atom stereocenters. The molecule has 0 aliphatic heterocycles. The van der Waals surface area contributed by atoms with E-state index in [0.29, 0.717) is 24.5 Å². The molecule has 9 heteroatoms. The summed E-state index contributed by atoms with van der Waals surface area (Å²) in [4.78, 5) is 12.4. The van der Waals surface area contributed by atoms with Crippen molar-refractivity contribution in [3.05, 3.63) is 52.5 Å². The van der Waals surface area contributed by atoms with Crippen LogP contribution in [0.5, 0.6) is 11.5 Å². The van der Waals surface area contributed by atoms with E-state index in [9.17, 15) is 13.2 Å². The number of rotatable bonds is 10. The Morgan fingerprint density at radius 2 is 1.72 bits per heavy atom. The van der Waals surface area contributed by atoms with Gasteiger partial charge in [-0.1, -0.05) is 28.9 Å². The van der Waals surface area contributed by atoms with Gasteiger partial charge >= 0.3 is 0 Å². The molecule has 2 aromatic carbocycles. The first kappa shape index (κ1) is 23.2. The summed E-state index contributed by atoms with van der Waals surface area (Å²) in [6, 6.07) is 11.9. The number of likely N-dealkylation sites (N-methyl/N-ethyl adjacent to an activating group) is 1. The van der Waals surface area contributed by atoms with Crippen LogP contribution in [0.2, 0.25) is 0 Å². The van der Waals surface area contributed by atoms with E-state index in [2.05, 4.69) is 21.2 Å². The summed E-state index contributed by atoms with van der Waals surface area (Å²) in [5.41, 5.74) is 0.970. The van der Waals surface area contributed by atoms with Crippen LogP contribution in [0.4, 0.5) is 0 Å². The largest absolute Gasteiger partial charge is 0.493 e. The number of carbonyl (C=O) groups excluding carboxylic acids is 1. The third kappa shape index (κ3) is 6.19. The highest BCUT2D eigenvalue weighted by atomic mass is 79.9. The topological polar surface area (TPSA) is 84.9 Å². The van der Waals surface area contributed by atoms with Gasteiger partial charge in [-0.15, -0.1) is 0 Å². The lowest BCUT2D eigenvalue weighted by Crippen LogP contribution is -2.41. The zero-order chi connectivity index (χ0) is 21.4. The maximum Gasteiger partial charge on any atom is 0.243 e. The second-order valence-electron chi connectivity index (χ2n) is 6.17. The minimum atomic E-state index is -3.74. The van der Waals surface area contributed by atoms with Gasteiger partial charge in [0.1, 0.15) is 0 Å². The lowest BCUT2D eigenvalue weighted by atomic mass is 10.1. The molecule has 2 rings (SSSR count). The van der Waals surface area contributed by atoms with Gasteiger partial charge in [-0.3, -0.25) is 4.79 Å². The monoisotopic (exact) mass is 484 g/mol. The number of carbonyl (C=O) groups is 1. The number of hydrogen-bond donors (Lipinski definition) is 1. The van der Waals surface area contributed by atoms with Crippen molar-refractivity contribution in [2.45, 2.75) is 18.2 Å². The Labute approximate surface area is 180 Å². The van der Waals surface area contributed by atoms with E-state index in [1.54, 1.807) is 39.3 Å². The van der Waals surface area contributed by atoms with Crippen LogP contribution in [0.25, 0.3) is 0 Å². The van der Waals surface area contributed by atoms with Crippen LogP contribution in [-0.2, 0) is 21.2 Å². The number of amides is 1. The summed E-state index contributed by atoms with van der Waals surface area (Å²) < 4.78 is 37.9. The number of hydrogen-bond acceptors (Lipinski definition) is 5. The molecule has 0 spiro atoms. The van der Waals surface area contributed by atoms with E-state index in [1.807, 2.05) is 12.1 Å². The molecule has 0 fully saturated rings. The van der Waals surface area contributed by atoms with Gasteiger partial charge in [-0.2, -0.15) is 4.31 Å². The summed E-state index contributed by atoms with van der Waals surface area (Å²) in [6.07, 6.45) is 0.581. The zero-order valence-electron chi connectivity index (χ0n) is 16.6. The second-order valence-corrected chi connectivity index (χ2v) is 9.03. The molecule has 1 N–H and O–H groups in total. The molecule has 0 aromatic heterocycles. The smallest absolute Gasteiger partial charge is 0.243 e. The molecule has 29 heavy (non-hydrogen) atoms. The van der Waals surface area contributed by atoms with Gasteiger partial charge in [-0.25, -0.2) is 8.42 Å². The van der Waals surface area contributed by atoms with Gasteiger partial charge in [0, 0.05) is 17.6 Å². The Kier molecular flexibility index (Phi) is 8.48. The minimum Gasteiger partial charge on any atom is -0.493 e. The van der Waals surface area contributed by atoms with Crippen molar-refractivity contribution in [2.24, 2.45) is 0 Å². The predicted molar refractivity (Wildman–Crippen MR) is 115 cm³/mol. The highest BCUT2D eigenvalue weighted by Gasteiger charge is 2.25. The average molecular weight is 485 g/mol. The molecule has 0 bridgehead atoms. The zero-order valence-corrected chi connectivity index (χ0v) is 19.0. The van der Waals surface area contributed by atoms with Crippen molar-refractivity contribution in [2.75, 3.05) is 33.9 Å². The third-order valence-corrected chi connectivity index (χ3v) is 6.77. The SMILES string of the molecule is CCN(CC(=O)NCCc1ccc(OC)c(OC)c1)S(=O)(=O)c1ccc(Br)cc1. The molecule has 1 amide bonds. The van der Waals surface area contributed by atoms with E-state index in [0.717, 1.165) is 14.3 Å². The first-order chi connectivity index (χ1) is 13.8. The molecule has 0 aliphatic carbocycles. The number of sulfonamides is 1. The van der Waals surface area contributed by atoms with Crippen molar-refractivity contribution < 1.29 is 22.7 Å². The van der Waals surface area contributed by atoms with Crippen LogP contribution in [0.3, 0.4) is 0 Å². The fourth-order valence-corrected chi connectivity index (χ4v) is 4.39. The van der Waals surface area contributed by atoms with Gasteiger partial charge in [0.15, 0.2) is 11.5 Å². The van der Waals surface area contributed by atoms with Crippen LogP contribution in [0, 0.1) is 0 Å². The molecule has 7 nitrogen and oxygen atoms in total.